The van der Waals surface area contributed by atoms with Gasteiger partial charge in [-0.1, -0.05) is 24.3 Å². The van der Waals surface area contributed by atoms with Crippen LogP contribution in [0.5, 0.6) is 0 Å². The Bertz CT molecular complexity index is 503. The third-order valence-corrected chi connectivity index (χ3v) is 4.73. The molecule has 1 aliphatic heterocycles. The van der Waals surface area contributed by atoms with E-state index in [0.29, 0.717) is 0 Å². The molecule has 4 nitrogen and oxygen atoms in total. The van der Waals surface area contributed by atoms with Gasteiger partial charge >= 0.3 is 5.97 Å². The third kappa shape index (κ3) is 2.76. The maximum atomic E-state index is 12.4. The second kappa shape index (κ2) is 5.65. The summed E-state index contributed by atoms with van der Waals surface area (Å²) in [5.74, 6) is -0.222. The van der Waals surface area contributed by atoms with E-state index >= 15 is 0 Å². The molecule has 0 bridgehead atoms. The number of thioether (sulfide) groups is 1. The van der Waals surface area contributed by atoms with Gasteiger partial charge in [0, 0.05) is 7.05 Å². The smallest absolute Gasteiger partial charge is 0.326 e. The number of amides is 1. The van der Waals surface area contributed by atoms with Gasteiger partial charge in [-0.15, -0.1) is 11.8 Å². The van der Waals surface area contributed by atoms with E-state index in [9.17, 15) is 9.59 Å². The molecule has 1 aromatic carbocycles. The summed E-state index contributed by atoms with van der Waals surface area (Å²) >= 11 is 1.59. The van der Waals surface area contributed by atoms with Crippen molar-refractivity contribution in [3.8, 4) is 0 Å². The summed E-state index contributed by atoms with van der Waals surface area (Å²) in [6.07, 6.45) is 0.961. The van der Waals surface area contributed by atoms with Crippen LogP contribution in [0.1, 0.15) is 23.3 Å². The highest BCUT2D eigenvalue weighted by atomic mass is 32.2. The molecule has 1 N–H and O–H groups in total. The number of aryl methyl sites for hydroxylation is 1. The number of fused-ring (bicyclic) bond motifs is 1. The van der Waals surface area contributed by atoms with Crippen LogP contribution in [-0.4, -0.2) is 40.7 Å². The molecule has 0 spiro atoms. The predicted molar refractivity (Wildman–Crippen MR) is 75.2 cm³/mol. The van der Waals surface area contributed by atoms with Gasteiger partial charge in [-0.2, -0.15) is 0 Å². The van der Waals surface area contributed by atoms with Crippen LogP contribution in [-0.2, 0) is 16.0 Å². The Kier molecular flexibility index (Phi) is 4.14. The number of rotatable bonds is 3. The fourth-order valence-electron chi connectivity index (χ4n) is 2.14. The van der Waals surface area contributed by atoms with Crippen LogP contribution in [0.3, 0.4) is 0 Å². The zero-order valence-corrected chi connectivity index (χ0v) is 11.8. The molecule has 2 atom stereocenters. The fourth-order valence-corrected chi connectivity index (χ4v) is 3.43. The Balaban J connectivity index is 2.24. The Morgan fingerprint density at radius 1 is 1.42 bits per heavy atom. The summed E-state index contributed by atoms with van der Waals surface area (Å²) in [6.45, 7) is 1.53. The quantitative estimate of drug-likeness (QED) is 0.918. The first-order valence-corrected chi connectivity index (χ1v) is 7.26. The summed E-state index contributed by atoms with van der Waals surface area (Å²) < 4.78 is 0. The predicted octanol–water partition coefficient (Wildman–Crippen LogP) is 1.95. The highest BCUT2D eigenvalue weighted by molar-refractivity contribution is 8.00. The first kappa shape index (κ1) is 13.9. The number of benzene rings is 1. The molecule has 0 aromatic heterocycles. The van der Waals surface area contributed by atoms with Gasteiger partial charge in [0.25, 0.3) is 0 Å². The summed E-state index contributed by atoms with van der Waals surface area (Å²) in [7, 11) is 1.55. The van der Waals surface area contributed by atoms with E-state index in [1.807, 2.05) is 24.3 Å². The molecule has 0 unspecified atom stereocenters. The van der Waals surface area contributed by atoms with Gasteiger partial charge in [-0.25, -0.2) is 4.79 Å². The third-order valence-electron chi connectivity index (χ3n) is 3.50. The number of carbonyl (C=O) groups excluding carboxylic acids is 1. The van der Waals surface area contributed by atoms with E-state index < -0.39 is 12.0 Å². The van der Waals surface area contributed by atoms with E-state index in [2.05, 4.69) is 0 Å². The van der Waals surface area contributed by atoms with Crippen molar-refractivity contribution < 1.29 is 14.7 Å². The number of hydrogen-bond donors (Lipinski definition) is 1. The molecular weight excluding hydrogens is 262 g/mol. The summed E-state index contributed by atoms with van der Waals surface area (Å²) in [5, 5.41) is 8.71. The molecule has 102 valence electrons. The van der Waals surface area contributed by atoms with Crippen molar-refractivity contribution >= 4 is 23.6 Å². The minimum Gasteiger partial charge on any atom is -0.480 e. The van der Waals surface area contributed by atoms with Crippen LogP contribution in [0.25, 0.3) is 0 Å². The maximum Gasteiger partial charge on any atom is 0.326 e. The summed E-state index contributed by atoms with van der Waals surface area (Å²) in [5.41, 5.74) is 2.21. The van der Waals surface area contributed by atoms with E-state index in [1.165, 1.54) is 17.4 Å². The van der Waals surface area contributed by atoms with Gasteiger partial charge in [0.15, 0.2) is 0 Å². The van der Waals surface area contributed by atoms with Gasteiger partial charge in [-0.3, -0.25) is 4.79 Å². The number of nitrogens with zero attached hydrogens (tertiary/aromatic N) is 1. The number of carboxylic acid groups (broad SMARTS) is 1. The molecule has 2 rings (SSSR count). The average molecular weight is 279 g/mol. The molecule has 1 aromatic rings. The number of aliphatic carboxylic acids is 1. The van der Waals surface area contributed by atoms with Gasteiger partial charge in [0.2, 0.25) is 5.91 Å². The molecule has 0 saturated heterocycles. The molecule has 0 aliphatic carbocycles. The number of carbonyl (C=O) groups is 2. The molecule has 1 heterocycles. The van der Waals surface area contributed by atoms with Gasteiger partial charge < -0.3 is 10.0 Å². The van der Waals surface area contributed by atoms with E-state index in [4.69, 9.17) is 5.11 Å². The van der Waals surface area contributed by atoms with E-state index in [1.54, 1.807) is 18.8 Å². The lowest BCUT2D eigenvalue weighted by molar-refractivity contribution is -0.148. The topological polar surface area (TPSA) is 57.6 Å². The van der Waals surface area contributed by atoms with Crippen molar-refractivity contribution in [3.63, 3.8) is 0 Å². The summed E-state index contributed by atoms with van der Waals surface area (Å²) in [6, 6.07) is 7.09. The lowest BCUT2D eigenvalue weighted by Crippen LogP contribution is -2.42. The average Bonchev–Trinajstić information content (AvgIpc) is 2.44. The van der Waals surface area contributed by atoms with Crippen molar-refractivity contribution in [2.45, 2.75) is 24.6 Å². The van der Waals surface area contributed by atoms with Crippen molar-refractivity contribution in [2.75, 3.05) is 12.8 Å². The van der Waals surface area contributed by atoms with E-state index in [-0.39, 0.29) is 11.2 Å². The lowest BCUT2D eigenvalue weighted by atomic mass is 10.0. The monoisotopic (exact) mass is 279 g/mol. The second-order valence-corrected chi connectivity index (χ2v) is 5.88. The molecule has 0 radical (unpaired) electrons. The van der Waals surface area contributed by atoms with Gasteiger partial charge in [0.05, 0.1) is 0 Å². The molecule has 0 saturated carbocycles. The Morgan fingerprint density at radius 2 is 2.11 bits per heavy atom. The largest absolute Gasteiger partial charge is 0.480 e. The van der Waals surface area contributed by atoms with Gasteiger partial charge in [0.1, 0.15) is 11.3 Å². The van der Waals surface area contributed by atoms with Crippen LogP contribution in [0.2, 0.25) is 0 Å². The molecule has 19 heavy (non-hydrogen) atoms. The lowest BCUT2D eigenvalue weighted by Gasteiger charge is -2.30. The highest BCUT2D eigenvalue weighted by Crippen LogP contribution is 2.37. The minimum atomic E-state index is -0.982. The zero-order valence-electron chi connectivity index (χ0n) is 11.0. The molecule has 5 heteroatoms. The first-order valence-electron chi connectivity index (χ1n) is 6.21. The molecular formula is C14H17NO3S. The van der Waals surface area contributed by atoms with Crippen LogP contribution in [0, 0.1) is 0 Å². The molecule has 1 amide bonds. The maximum absolute atomic E-state index is 12.4. The van der Waals surface area contributed by atoms with E-state index in [0.717, 1.165) is 17.7 Å². The van der Waals surface area contributed by atoms with Crippen LogP contribution in [0.4, 0.5) is 0 Å². The van der Waals surface area contributed by atoms with Crippen LogP contribution in [0.15, 0.2) is 24.3 Å². The Labute approximate surface area is 116 Å². The summed E-state index contributed by atoms with van der Waals surface area (Å²) in [4.78, 5) is 24.7. The second-order valence-electron chi connectivity index (χ2n) is 4.66. The van der Waals surface area contributed by atoms with Gasteiger partial charge in [-0.05, 0) is 30.2 Å². The van der Waals surface area contributed by atoms with Crippen molar-refractivity contribution in [1.82, 2.24) is 4.90 Å². The first-order chi connectivity index (χ1) is 9.02. The number of likely N-dealkylation sites (N-methyl/N-ethyl adjacent to an activating group) is 1. The Morgan fingerprint density at radius 3 is 2.79 bits per heavy atom. The fraction of sp³-hybridized carbons (Fsp3) is 0.429. The Hall–Kier alpha value is -1.49. The number of hydrogen-bond acceptors (Lipinski definition) is 3. The molecule has 0 fully saturated rings. The van der Waals surface area contributed by atoms with Crippen molar-refractivity contribution in [1.29, 1.82) is 0 Å². The minimum absolute atomic E-state index is 0.132. The van der Waals surface area contributed by atoms with Crippen LogP contribution < -0.4 is 0 Å². The highest BCUT2D eigenvalue weighted by Gasteiger charge is 2.32. The molecule has 1 aliphatic rings. The number of carboxylic acids is 1. The van der Waals surface area contributed by atoms with Crippen LogP contribution >= 0.6 is 11.8 Å². The zero-order chi connectivity index (χ0) is 14.0. The normalized spacial score (nSPS) is 19.4. The standard InChI is InChI=1S/C14H17NO3S/c1-9(14(17)18)15(2)13(16)12-11-6-4-3-5-10(11)7-8-19-12/h3-6,9,12H,7-8H2,1-2H3,(H,17,18)/t9-,12+/m0/s1. The van der Waals surface area contributed by atoms with Crippen molar-refractivity contribution in [3.05, 3.63) is 35.4 Å². The SMILES string of the molecule is C[C@@H](C(=O)O)N(C)C(=O)[C@@H]1SCCc2ccccc21. The van der Waals surface area contributed by atoms with Crippen molar-refractivity contribution in [2.24, 2.45) is 0 Å².